The fourth-order valence-electron chi connectivity index (χ4n) is 1.19. The zero-order valence-corrected chi connectivity index (χ0v) is 9.34. The van der Waals surface area contributed by atoms with Crippen LogP contribution >= 0.6 is 0 Å². The van der Waals surface area contributed by atoms with E-state index in [0.717, 1.165) is 0 Å². The zero-order chi connectivity index (χ0) is 11.6. The molecule has 2 atom stereocenters. The van der Waals surface area contributed by atoms with E-state index in [2.05, 4.69) is 0 Å². The highest BCUT2D eigenvalue weighted by molar-refractivity contribution is 4.65. The maximum atomic E-state index is 9.46. The summed E-state index contributed by atoms with van der Waals surface area (Å²) < 4.78 is 20.7. The first-order valence-electron chi connectivity index (χ1n) is 5.48. The van der Waals surface area contributed by atoms with Gasteiger partial charge in [0.2, 0.25) is 0 Å². The van der Waals surface area contributed by atoms with Gasteiger partial charge in [0, 0.05) is 0 Å². The van der Waals surface area contributed by atoms with Crippen LogP contribution in [0.4, 0.5) is 0 Å². The highest BCUT2D eigenvalue weighted by Gasteiger charge is 2.16. The molecule has 0 aromatic carbocycles. The second-order valence-corrected chi connectivity index (χ2v) is 3.51. The lowest BCUT2D eigenvalue weighted by molar-refractivity contribution is -0.0879. The van der Waals surface area contributed by atoms with Crippen molar-refractivity contribution in [2.24, 2.45) is 0 Å². The molecule has 2 N–H and O–H groups in total. The third kappa shape index (κ3) is 6.37. The van der Waals surface area contributed by atoms with Crippen molar-refractivity contribution in [1.82, 2.24) is 0 Å². The van der Waals surface area contributed by atoms with E-state index in [-0.39, 0.29) is 13.2 Å². The number of aliphatic hydroxyl groups excluding tert-OH is 2. The third-order valence-electron chi connectivity index (χ3n) is 2.14. The first kappa shape index (κ1) is 13.8. The summed E-state index contributed by atoms with van der Waals surface area (Å²) in [6.45, 7) is 2.93. The second-order valence-electron chi connectivity index (χ2n) is 3.51. The minimum Gasteiger partial charge on any atom is -0.388 e. The van der Waals surface area contributed by atoms with Crippen molar-refractivity contribution in [3.63, 3.8) is 0 Å². The largest absolute Gasteiger partial charge is 0.388 e. The Morgan fingerprint density at radius 2 is 0.875 bits per heavy atom. The molecule has 1 heterocycles. The van der Waals surface area contributed by atoms with E-state index in [9.17, 15) is 10.2 Å². The summed E-state index contributed by atoms with van der Waals surface area (Å²) in [4.78, 5) is 0. The van der Waals surface area contributed by atoms with E-state index < -0.39 is 12.2 Å². The predicted octanol–water partition coefficient (Wildman–Crippen LogP) is -1.21. The van der Waals surface area contributed by atoms with Crippen molar-refractivity contribution in [3.8, 4) is 0 Å². The monoisotopic (exact) mass is 236 g/mol. The Morgan fingerprint density at radius 1 is 0.562 bits per heavy atom. The first-order chi connectivity index (χ1) is 7.80. The smallest absolute Gasteiger partial charge is 0.105 e. The van der Waals surface area contributed by atoms with Crippen LogP contribution in [0.1, 0.15) is 0 Å². The summed E-state index contributed by atoms with van der Waals surface area (Å²) in [5.74, 6) is 0. The molecule has 1 fully saturated rings. The van der Waals surface area contributed by atoms with Gasteiger partial charge >= 0.3 is 0 Å². The Hall–Kier alpha value is -0.240. The Balaban J connectivity index is 2.21. The van der Waals surface area contributed by atoms with E-state index in [1.165, 1.54) is 0 Å². The standard InChI is InChI=1S/C10H20O6/c11-9-7-15-5-3-13-1-2-14-4-6-16-8-10(9)12/h9-12H,1-8H2/t9-,10-/m0/s1. The van der Waals surface area contributed by atoms with Crippen molar-refractivity contribution in [2.45, 2.75) is 12.2 Å². The molecule has 0 unspecified atom stereocenters. The molecule has 0 aromatic heterocycles. The van der Waals surface area contributed by atoms with Gasteiger partial charge in [-0.25, -0.2) is 0 Å². The minimum atomic E-state index is -0.927. The van der Waals surface area contributed by atoms with Crippen LogP contribution in [0.25, 0.3) is 0 Å². The number of aliphatic hydroxyl groups is 2. The molecular weight excluding hydrogens is 216 g/mol. The summed E-state index contributed by atoms with van der Waals surface area (Å²) in [5, 5.41) is 18.9. The van der Waals surface area contributed by atoms with Gasteiger partial charge in [-0.3, -0.25) is 0 Å². The molecule has 0 radical (unpaired) electrons. The van der Waals surface area contributed by atoms with Gasteiger partial charge < -0.3 is 29.2 Å². The van der Waals surface area contributed by atoms with E-state index in [1.54, 1.807) is 0 Å². The lowest BCUT2D eigenvalue weighted by Crippen LogP contribution is -2.35. The molecule has 6 nitrogen and oxygen atoms in total. The molecule has 1 rings (SSSR count). The van der Waals surface area contributed by atoms with Gasteiger partial charge in [-0.05, 0) is 0 Å². The molecule has 1 aliphatic heterocycles. The Labute approximate surface area is 95.1 Å². The molecule has 96 valence electrons. The molecule has 0 saturated carbocycles. The number of hydrogen-bond acceptors (Lipinski definition) is 6. The predicted molar refractivity (Wildman–Crippen MR) is 55.3 cm³/mol. The highest BCUT2D eigenvalue weighted by atomic mass is 16.6. The molecule has 6 heteroatoms. The van der Waals surface area contributed by atoms with Crippen LogP contribution in [-0.4, -0.2) is 75.3 Å². The van der Waals surface area contributed by atoms with Gasteiger partial charge in [0.25, 0.3) is 0 Å². The van der Waals surface area contributed by atoms with E-state index in [1.807, 2.05) is 0 Å². The molecule has 0 amide bonds. The van der Waals surface area contributed by atoms with Gasteiger partial charge in [-0.15, -0.1) is 0 Å². The minimum absolute atomic E-state index is 0.0877. The molecule has 1 saturated heterocycles. The van der Waals surface area contributed by atoms with Crippen LogP contribution in [-0.2, 0) is 18.9 Å². The molecular formula is C10H20O6. The molecule has 1 aliphatic rings. The molecule has 0 bridgehead atoms. The zero-order valence-electron chi connectivity index (χ0n) is 9.34. The van der Waals surface area contributed by atoms with Crippen LogP contribution in [0, 0.1) is 0 Å². The summed E-state index contributed by atoms with van der Waals surface area (Å²) in [7, 11) is 0. The molecule has 0 aliphatic carbocycles. The van der Waals surface area contributed by atoms with Gasteiger partial charge in [-0.2, -0.15) is 0 Å². The summed E-state index contributed by atoms with van der Waals surface area (Å²) >= 11 is 0. The highest BCUT2D eigenvalue weighted by Crippen LogP contribution is 1.97. The van der Waals surface area contributed by atoms with Crippen LogP contribution in [0.5, 0.6) is 0 Å². The van der Waals surface area contributed by atoms with Crippen LogP contribution in [0.3, 0.4) is 0 Å². The molecule has 0 spiro atoms. The number of rotatable bonds is 0. The topological polar surface area (TPSA) is 77.4 Å². The lowest BCUT2D eigenvalue weighted by atomic mass is 10.2. The summed E-state index contributed by atoms with van der Waals surface area (Å²) in [6, 6.07) is 0. The molecule has 0 aromatic rings. The quantitative estimate of drug-likeness (QED) is 0.549. The second kappa shape index (κ2) is 8.86. The van der Waals surface area contributed by atoms with Gasteiger partial charge in [-0.1, -0.05) is 0 Å². The van der Waals surface area contributed by atoms with Crippen molar-refractivity contribution < 1.29 is 29.2 Å². The van der Waals surface area contributed by atoms with Crippen molar-refractivity contribution in [2.75, 3.05) is 52.9 Å². The Bertz CT molecular complexity index is 147. The van der Waals surface area contributed by atoms with Crippen molar-refractivity contribution in [1.29, 1.82) is 0 Å². The number of ether oxygens (including phenoxy) is 4. The average molecular weight is 236 g/mol. The van der Waals surface area contributed by atoms with Crippen molar-refractivity contribution in [3.05, 3.63) is 0 Å². The van der Waals surface area contributed by atoms with Gasteiger partial charge in [0.15, 0.2) is 0 Å². The van der Waals surface area contributed by atoms with E-state index in [4.69, 9.17) is 18.9 Å². The summed E-state index contributed by atoms with van der Waals surface area (Å²) in [5.41, 5.74) is 0. The third-order valence-corrected chi connectivity index (χ3v) is 2.14. The van der Waals surface area contributed by atoms with Crippen LogP contribution in [0.2, 0.25) is 0 Å². The normalized spacial score (nSPS) is 31.9. The maximum Gasteiger partial charge on any atom is 0.105 e. The molecule has 16 heavy (non-hydrogen) atoms. The number of hydrogen-bond donors (Lipinski definition) is 2. The van der Waals surface area contributed by atoms with E-state index in [0.29, 0.717) is 39.6 Å². The first-order valence-corrected chi connectivity index (χ1v) is 5.48. The fourth-order valence-corrected chi connectivity index (χ4v) is 1.19. The van der Waals surface area contributed by atoms with E-state index >= 15 is 0 Å². The van der Waals surface area contributed by atoms with Gasteiger partial charge in [0.1, 0.15) is 12.2 Å². The fraction of sp³-hybridized carbons (Fsp3) is 1.00. The lowest BCUT2D eigenvalue weighted by Gasteiger charge is -2.18. The average Bonchev–Trinajstić information content (AvgIpc) is 2.29. The van der Waals surface area contributed by atoms with Crippen molar-refractivity contribution >= 4 is 0 Å². The van der Waals surface area contributed by atoms with Crippen LogP contribution in [0.15, 0.2) is 0 Å². The van der Waals surface area contributed by atoms with Crippen LogP contribution < -0.4 is 0 Å². The Morgan fingerprint density at radius 3 is 1.25 bits per heavy atom. The Kier molecular flexibility index (Phi) is 7.65. The van der Waals surface area contributed by atoms with Gasteiger partial charge in [0.05, 0.1) is 52.9 Å². The summed E-state index contributed by atoms with van der Waals surface area (Å²) in [6.07, 6.45) is -1.85. The maximum absolute atomic E-state index is 9.46. The SMILES string of the molecule is O[C@H]1COCCOCCOCCOC[C@@H]1O.